The summed E-state index contributed by atoms with van der Waals surface area (Å²) < 4.78 is 27.7. The lowest BCUT2D eigenvalue weighted by Crippen LogP contribution is -2.53. The van der Waals surface area contributed by atoms with Crippen molar-refractivity contribution in [1.29, 1.82) is 0 Å². The molecule has 5 rings (SSSR count). The maximum Gasteiger partial charge on any atom is 0.326 e. The van der Waals surface area contributed by atoms with Crippen LogP contribution in [0, 0.1) is 5.92 Å². The van der Waals surface area contributed by atoms with E-state index in [1.165, 1.54) is 9.21 Å². The highest BCUT2D eigenvalue weighted by Gasteiger charge is 2.56. The summed E-state index contributed by atoms with van der Waals surface area (Å²) in [7, 11) is -3.60. The van der Waals surface area contributed by atoms with Crippen molar-refractivity contribution in [3.05, 3.63) is 42.5 Å². The van der Waals surface area contributed by atoms with Crippen LogP contribution in [-0.2, 0) is 14.8 Å². The number of hydrogen-bond donors (Lipinski definition) is 1. The number of fused-ring (bicyclic) bond motifs is 1. The molecule has 2 aromatic rings. The van der Waals surface area contributed by atoms with Crippen molar-refractivity contribution in [2.24, 2.45) is 5.92 Å². The van der Waals surface area contributed by atoms with E-state index < -0.39 is 15.6 Å². The van der Waals surface area contributed by atoms with Gasteiger partial charge in [0.2, 0.25) is 10.0 Å². The van der Waals surface area contributed by atoms with Gasteiger partial charge in [-0.1, -0.05) is 30.3 Å². The number of carbonyl (C=O) groups is 2. The Bertz CT molecular complexity index is 1160. The number of rotatable bonds is 5. The molecule has 2 saturated heterocycles. The normalized spacial score (nSPS) is 25.9. The van der Waals surface area contributed by atoms with Crippen molar-refractivity contribution in [2.75, 3.05) is 32.8 Å². The zero-order chi connectivity index (χ0) is 21.8. The maximum absolute atomic E-state index is 13.1. The molecule has 3 aliphatic rings. The average Bonchev–Trinajstić information content (AvgIpc) is 3.60. The quantitative estimate of drug-likeness (QED) is 0.714. The van der Waals surface area contributed by atoms with Gasteiger partial charge < -0.3 is 5.32 Å². The second-order valence-corrected chi connectivity index (χ2v) is 10.8. The van der Waals surface area contributed by atoms with Crippen LogP contribution >= 0.6 is 0 Å². The van der Waals surface area contributed by atoms with E-state index in [9.17, 15) is 18.0 Å². The van der Waals surface area contributed by atoms with Crippen molar-refractivity contribution in [1.82, 2.24) is 19.4 Å². The first-order valence-electron chi connectivity index (χ1n) is 10.6. The Labute approximate surface area is 181 Å². The SMILES string of the molecule is C[C@@]1(C2CC2)NC(=O)N(CN2CCN(S(=O)(=O)c3ccc4ccccc4c3)CC2)C1=O. The molecule has 2 aliphatic heterocycles. The van der Waals surface area contributed by atoms with Crippen LogP contribution in [0.25, 0.3) is 10.8 Å². The minimum absolute atomic E-state index is 0.175. The van der Waals surface area contributed by atoms with Gasteiger partial charge in [-0.25, -0.2) is 18.1 Å². The topological polar surface area (TPSA) is 90.0 Å². The molecular formula is C22H26N4O4S. The summed E-state index contributed by atoms with van der Waals surface area (Å²) in [6.07, 6.45) is 1.92. The molecule has 0 radical (unpaired) electrons. The number of urea groups is 1. The Morgan fingerprint density at radius 1 is 1.00 bits per heavy atom. The highest BCUT2D eigenvalue weighted by molar-refractivity contribution is 7.89. The predicted octanol–water partition coefficient (Wildman–Crippen LogP) is 1.82. The van der Waals surface area contributed by atoms with E-state index in [0.717, 1.165) is 23.6 Å². The van der Waals surface area contributed by atoms with E-state index in [4.69, 9.17) is 0 Å². The van der Waals surface area contributed by atoms with Crippen LogP contribution in [0.4, 0.5) is 4.79 Å². The molecule has 2 aromatic carbocycles. The Morgan fingerprint density at radius 2 is 1.68 bits per heavy atom. The van der Waals surface area contributed by atoms with Gasteiger partial charge in [0.1, 0.15) is 5.54 Å². The number of imide groups is 1. The zero-order valence-corrected chi connectivity index (χ0v) is 18.3. The van der Waals surface area contributed by atoms with Gasteiger partial charge in [-0.3, -0.25) is 9.69 Å². The number of nitrogens with zero attached hydrogens (tertiary/aromatic N) is 3. The summed E-state index contributed by atoms with van der Waals surface area (Å²) in [5.74, 6) is 0.0455. The third-order valence-corrected chi connectivity index (χ3v) is 8.62. The molecule has 0 unspecified atom stereocenters. The molecule has 9 heteroatoms. The van der Waals surface area contributed by atoms with E-state index in [1.807, 2.05) is 35.2 Å². The monoisotopic (exact) mass is 442 g/mol. The third kappa shape index (κ3) is 3.50. The highest BCUT2D eigenvalue weighted by Crippen LogP contribution is 2.42. The molecule has 8 nitrogen and oxygen atoms in total. The first kappa shape index (κ1) is 20.4. The lowest BCUT2D eigenvalue weighted by molar-refractivity contribution is -0.133. The third-order valence-electron chi connectivity index (χ3n) is 6.73. The number of carbonyl (C=O) groups excluding carboxylic acids is 2. The van der Waals surface area contributed by atoms with E-state index in [-0.39, 0.29) is 29.4 Å². The molecule has 3 fully saturated rings. The van der Waals surface area contributed by atoms with E-state index in [0.29, 0.717) is 26.2 Å². The molecule has 1 aliphatic carbocycles. The minimum Gasteiger partial charge on any atom is -0.323 e. The number of nitrogens with one attached hydrogen (secondary N) is 1. The number of piperazine rings is 1. The standard InChI is InChI=1S/C22H26N4O4S/c1-22(18-7-8-18)20(27)26(21(28)23-22)15-24-10-12-25(13-11-24)31(29,30)19-9-6-16-4-2-3-5-17(16)14-19/h2-6,9,14,18H,7-8,10-13,15H2,1H3,(H,23,28)/t22-/m0/s1. The fourth-order valence-electron chi connectivity index (χ4n) is 4.57. The van der Waals surface area contributed by atoms with E-state index in [2.05, 4.69) is 5.32 Å². The lowest BCUT2D eigenvalue weighted by atomic mass is 9.96. The lowest BCUT2D eigenvalue weighted by Gasteiger charge is -2.35. The molecule has 31 heavy (non-hydrogen) atoms. The molecule has 0 spiro atoms. The average molecular weight is 443 g/mol. The predicted molar refractivity (Wildman–Crippen MR) is 116 cm³/mol. The second kappa shape index (κ2) is 7.29. The summed E-state index contributed by atoms with van der Waals surface area (Å²) >= 11 is 0. The zero-order valence-electron chi connectivity index (χ0n) is 17.5. The smallest absolute Gasteiger partial charge is 0.323 e. The summed E-state index contributed by atoms with van der Waals surface area (Å²) in [5, 5.41) is 4.74. The van der Waals surface area contributed by atoms with Gasteiger partial charge >= 0.3 is 6.03 Å². The van der Waals surface area contributed by atoms with Gasteiger partial charge in [-0.05, 0) is 48.6 Å². The Hall–Kier alpha value is -2.49. The van der Waals surface area contributed by atoms with Gasteiger partial charge in [0, 0.05) is 26.2 Å². The van der Waals surface area contributed by atoms with Crippen LogP contribution in [-0.4, -0.2) is 72.8 Å². The molecule has 1 N–H and O–H groups in total. The fraction of sp³-hybridized carbons (Fsp3) is 0.455. The molecule has 1 saturated carbocycles. The Morgan fingerprint density at radius 3 is 2.35 bits per heavy atom. The molecule has 0 aromatic heterocycles. The fourth-order valence-corrected chi connectivity index (χ4v) is 6.03. The Kier molecular flexibility index (Phi) is 4.80. The Balaban J connectivity index is 1.24. The van der Waals surface area contributed by atoms with E-state index >= 15 is 0 Å². The van der Waals surface area contributed by atoms with Crippen molar-refractivity contribution < 1.29 is 18.0 Å². The molecular weight excluding hydrogens is 416 g/mol. The molecule has 3 amide bonds. The van der Waals surface area contributed by atoms with Crippen molar-refractivity contribution in [2.45, 2.75) is 30.2 Å². The van der Waals surface area contributed by atoms with Crippen molar-refractivity contribution in [3.8, 4) is 0 Å². The first-order valence-corrected chi connectivity index (χ1v) is 12.1. The van der Waals surface area contributed by atoms with Gasteiger partial charge in [0.15, 0.2) is 0 Å². The summed E-state index contributed by atoms with van der Waals surface area (Å²) in [4.78, 5) is 28.7. The first-order chi connectivity index (χ1) is 14.8. The number of sulfonamides is 1. The number of hydrogen-bond acceptors (Lipinski definition) is 5. The minimum atomic E-state index is -3.60. The van der Waals surface area contributed by atoms with Crippen LogP contribution in [0.5, 0.6) is 0 Å². The van der Waals surface area contributed by atoms with Crippen LogP contribution in [0.2, 0.25) is 0 Å². The van der Waals surface area contributed by atoms with Crippen molar-refractivity contribution >= 4 is 32.7 Å². The van der Waals surface area contributed by atoms with Gasteiger partial charge in [-0.15, -0.1) is 0 Å². The van der Waals surface area contributed by atoms with Crippen LogP contribution in [0.1, 0.15) is 19.8 Å². The largest absolute Gasteiger partial charge is 0.326 e. The second-order valence-electron chi connectivity index (χ2n) is 8.81. The van der Waals surface area contributed by atoms with Crippen LogP contribution < -0.4 is 5.32 Å². The van der Waals surface area contributed by atoms with Crippen LogP contribution in [0.3, 0.4) is 0 Å². The molecule has 164 valence electrons. The highest BCUT2D eigenvalue weighted by atomic mass is 32.2. The van der Waals surface area contributed by atoms with Gasteiger partial charge in [-0.2, -0.15) is 4.31 Å². The molecule has 0 bridgehead atoms. The maximum atomic E-state index is 13.1. The summed E-state index contributed by atoms with van der Waals surface area (Å²) in [5.41, 5.74) is -0.793. The summed E-state index contributed by atoms with van der Waals surface area (Å²) in [6, 6.07) is 12.5. The number of amides is 3. The van der Waals surface area contributed by atoms with E-state index in [1.54, 1.807) is 19.1 Å². The summed E-state index contributed by atoms with van der Waals surface area (Å²) in [6.45, 7) is 3.56. The van der Waals surface area contributed by atoms with Crippen molar-refractivity contribution in [3.63, 3.8) is 0 Å². The molecule has 2 heterocycles. The number of benzene rings is 2. The van der Waals surface area contributed by atoms with Crippen LogP contribution in [0.15, 0.2) is 47.4 Å². The molecule has 1 atom stereocenters. The van der Waals surface area contributed by atoms with Gasteiger partial charge in [0.05, 0.1) is 11.6 Å². The van der Waals surface area contributed by atoms with Gasteiger partial charge in [0.25, 0.3) is 5.91 Å².